The van der Waals surface area contributed by atoms with Gasteiger partial charge >= 0.3 is 0 Å². The number of aryl methyl sites for hydroxylation is 1. The smallest absolute Gasteiger partial charge is 0.171 e. The van der Waals surface area contributed by atoms with Gasteiger partial charge in [-0.1, -0.05) is 6.07 Å². The average Bonchev–Trinajstić information content (AvgIpc) is 2.16. The molecule has 0 aliphatic carbocycles. The second kappa shape index (κ2) is 3.99. The molecule has 1 aromatic heterocycles. The minimum Gasteiger partial charge on any atom is -0.383 e. The Morgan fingerprint density at radius 3 is 2.77 bits per heavy atom. The Morgan fingerprint density at radius 2 is 2.23 bits per heavy atom. The molecular weight excluding hydrogens is 168 g/mol. The molecule has 4 heteroatoms. The van der Waals surface area contributed by atoms with Crippen molar-refractivity contribution in [3.63, 3.8) is 0 Å². The van der Waals surface area contributed by atoms with Gasteiger partial charge < -0.3 is 10.2 Å². The third-order valence-electron chi connectivity index (χ3n) is 1.76. The molecule has 1 aromatic rings. The van der Waals surface area contributed by atoms with Gasteiger partial charge in [-0.15, -0.1) is 0 Å². The lowest BCUT2D eigenvalue weighted by atomic mass is 10.1. The third kappa shape index (κ3) is 2.02. The van der Waals surface area contributed by atoms with Gasteiger partial charge in [-0.25, -0.2) is 0 Å². The fraction of sp³-hybridized carbons (Fsp3) is 0.333. The van der Waals surface area contributed by atoms with E-state index in [4.69, 9.17) is 10.4 Å². The van der Waals surface area contributed by atoms with E-state index in [9.17, 15) is 5.11 Å². The van der Waals surface area contributed by atoms with Crippen LogP contribution in [0.25, 0.3) is 0 Å². The first kappa shape index (κ1) is 9.65. The highest BCUT2D eigenvalue weighted by Crippen LogP contribution is 2.17. The van der Waals surface area contributed by atoms with E-state index in [1.165, 1.54) is 6.20 Å². The second-order valence-electron chi connectivity index (χ2n) is 2.72. The minimum atomic E-state index is -1.42. The highest BCUT2D eigenvalue weighted by Gasteiger charge is 2.20. The number of hydrogen-bond donors (Lipinski definition) is 2. The van der Waals surface area contributed by atoms with Crippen molar-refractivity contribution in [1.82, 2.24) is 4.98 Å². The van der Waals surface area contributed by atoms with Gasteiger partial charge in [0, 0.05) is 6.20 Å². The van der Waals surface area contributed by atoms with Gasteiger partial charge in [-0.3, -0.25) is 4.98 Å². The molecule has 0 aromatic carbocycles. The minimum absolute atomic E-state index is 0.344. The Hall–Kier alpha value is -1.44. The Balaban J connectivity index is 2.96. The van der Waals surface area contributed by atoms with E-state index in [1.807, 2.05) is 0 Å². The zero-order valence-electron chi connectivity index (χ0n) is 7.18. The highest BCUT2D eigenvalue weighted by molar-refractivity contribution is 5.21. The van der Waals surface area contributed by atoms with E-state index < -0.39 is 12.2 Å². The van der Waals surface area contributed by atoms with Crippen LogP contribution in [0, 0.1) is 18.3 Å². The lowest BCUT2D eigenvalue weighted by Gasteiger charge is -2.12. The summed E-state index contributed by atoms with van der Waals surface area (Å²) in [6.07, 6.45) is -1.14. The van der Waals surface area contributed by atoms with Crippen LogP contribution in [0.1, 0.15) is 17.4 Å². The van der Waals surface area contributed by atoms with Crippen LogP contribution in [0.4, 0.5) is 0 Å². The molecule has 1 rings (SSSR count). The van der Waals surface area contributed by atoms with Crippen LogP contribution in [0.2, 0.25) is 0 Å². The van der Waals surface area contributed by atoms with Gasteiger partial charge in [-0.2, -0.15) is 5.26 Å². The van der Waals surface area contributed by atoms with Gasteiger partial charge in [0.05, 0.1) is 11.8 Å². The fourth-order valence-electron chi connectivity index (χ4n) is 1.03. The molecule has 0 amide bonds. The molecule has 0 fully saturated rings. The monoisotopic (exact) mass is 178 g/mol. The van der Waals surface area contributed by atoms with E-state index in [0.29, 0.717) is 5.69 Å². The molecule has 1 heterocycles. The summed E-state index contributed by atoms with van der Waals surface area (Å²) in [7, 11) is 0. The highest BCUT2D eigenvalue weighted by atomic mass is 16.3. The molecule has 0 aliphatic heterocycles. The summed E-state index contributed by atoms with van der Waals surface area (Å²) in [5, 5.41) is 26.9. The number of aliphatic hydroxyl groups is 2. The van der Waals surface area contributed by atoms with Gasteiger partial charge in [0.25, 0.3) is 0 Å². The molecule has 2 unspecified atom stereocenters. The Kier molecular flexibility index (Phi) is 2.96. The summed E-state index contributed by atoms with van der Waals surface area (Å²) in [4.78, 5) is 3.89. The van der Waals surface area contributed by atoms with Crippen molar-refractivity contribution >= 4 is 0 Å². The van der Waals surface area contributed by atoms with Crippen molar-refractivity contribution in [2.24, 2.45) is 0 Å². The lowest BCUT2D eigenvalue weighted by molar-refractivity contribution is 0.0494. The summed E-state index contributed by atoms with van der Waals surface area (Å²) in [6, 6.07) is 5.04. The van der Waals surface area contributed by atoms with Crippen molar-refractivity contribution in [1.29, 1.82) is 5.26 Å². The molecule has 0 saturated heterocycles. The number of aliphatic hydroxyl groups excluding tert-OH is 2. The number of pyridine rings is 1. The van der Waals surface area contributed by atoms with Gasteiger partial charge in [0.2, 0.25) is 0 Å². The normalized spacial score (nSPS) is 14.6. The molecule has 0 bridgehead atoms. The molecule has 0 aliphatic rings. The maximum absolute atomic E-state index is 9.43. The maximum atomic E-state index is 9.43. The molecular formula is C9H10N2O2. The van der Waals surface area contributed by atoms with Gasteiger partial charge in [-0.05, 0) is 18.6 Å². The molecule has 2 atom stereocenters. The number of aromatic nitrogens is 1. The zero-order valence-corrected chi connectivity index (χ0v) is 7.18. The SMILES string of the molecule is Cc1cccnc1C(O)C(O)C#N. The van der Waals surface area contributed by atoms with E-state index in [-0.39, 0.29) is 0 Å². The Bertz CT molecular complexity index is 333. The van der Waals surface area contributed by atoms with Crippen LogP contribution in [0.5, 0.6) is 0 Å². The molecule has 68 valence electrons. The fourth-order valence-corrected chi connectivity index (χ4v) is 1.03. The first-order valence-electron chi connectivity index (χ1n) is 3.84. The predicted molar refractivity (Wildman–Crippen MR) is 45.6 cm³/mol. The van der Waals surface area contributed by atoms with Crippen LogP contribution in [0.3, 0.4) is 0 Å². The first-order valence-corrected chi connectivity index (χ1v) is 3.84. The summed E-state index contributed by atoms with van der Waals surface area (Å²) in [5.74, 6) is 0. The zero-order chi connectivity index (χ0) is 9.84. The van der Waals surface area contributed by atoms with Crippen LogP contribution in [-0.4, -0.2) is 21.3 Å². The summed E-state index contributed by atoms with van der Waals surface area (Å²) in [6.45, 7) is 1.76. The van der Waals surface area contributed by atoms with Crippen molar-refractivity contribution in [3.8, 4) is 6.07 Å². The average molecular weight is 178 g/mol. The number of hydrogen-bond acceptors (Lipinski definition) is 4. The van der Waals surface area contributed by atoms with Crippen molar-refractivity contribution in [2.75, 3.05) is 0 Å². The number of nitrogens with zero attached hydrogens (tertiary/aromatic N) is 2. The Morgan fingerprint density at radius 1 is 1.54 bits per heavy atom. The molecule has 13 heavy (non-hydrogen) atoms. The van der Waals surface area contributed by atoms with Crippen LogP contribution >= 0.6 is 0 Å². The second-order valence-corrected chi connectivity index (χ2v) is 2.72. The van der Waals surface area contributed by atoms with E-state index in [1.54, 1.807) is 25.1 Å². The largest absolute Gasteiger partial charge is 0.383 e. The summed E-state index contributed by atoms with van der Waals surface area (Å²) in [5.41, 5.74) is 1.10. The van der Waals surface area contributed by atoms with E-state index in [0.717, 1.165) is 5.56 Å². The maximum Gasteiger partial charge on any atom is 0.171 e. The van der Waals surface area contributed by atoms with Crippen LogP contribution < -0.4 is 0 Å². The Labute approximate surface area is 76.1 Å². The van der Waals surface area contributed by atoms with Gasteiger partial charge in [0.1, 0.15) is 6.10 Å². The predicted octanol–water partition coefficient (Wildman–Crippen LogP) is 0.308. The molecule has 0 radical (unpaired) electrons. The van der Waals surface area contributed by atoms with E-state index >= 15 is 0 Å². The quantitative estimate of drug-likeness (QED) is 0.639. The molecule has 2 N–H and O–H groups in total. The molecule has 4 nitrogen and oxygen atoms in total. The number of rotatable bonds is 2. The first-order chi connectivity index (χ1) is 6.16. The van der Waals surface area contributed by atoms with Crippen molar-refractivity contribution < 1.29 is 10.2 Å². The van der Waals surface area contributed by atoms with Gasteiger partial charge in [0.15, 0.2) is 6.10 Å². The van der Waals surface area contributed by atoms with Crippen molar-refractivity contribution in [2.45, 2.75) is 19.1 Å². The van der Waals surface area contributed by atoms with Crippen LogP contribution in [0.15, 0.2) is 18.3 Å². The lowest BCUT2D eigenvalue weighted by Crippen LogP contribution is -2.17. The third-order valence-corrected chi connectivity index (χ3v) is 1.76. The van der Waals surface area contributed by atoms with Crippen LogP contribution in [-0.2, 0) is 0 Å². The topological polar surface area (TPSA) is 77.1 Å². The standard InChI is InChI=1S/C9H10N2O2/c1-6-3-2-4-11-8(6)9(13)7(12)5-10/h2-4,7,9,12-13H,1H3. The van der Waals surface area contributed by atoms with E-state index in [2.05, 4.69) is 4.98 Å². The molecule has 0 saturated carbocycles. The summed E-state index contributed by atoms with van der Waals surface area (Å²) < 4.78 is 0. The number of nitriles is 1. The van der Waals surface area contributed by atoms with Crippen molar-refractivity contribution in [3.05, 3.63) is 29.6 Å². The molecule has 0 spiro atoms. The summed E-state index contributed by atoms with van der Waals surface area (Å²) >= 11 is 0.